The van der Waals surface area contributed by atoms with Gasteiger partial charge in [0.15, 0.2) is 0 Å². The maximum atomic E-state index is 10.4. The monoisotopic (exact) mass is 1150 g/mol. The van der Waals surface area contributed by atoms with Crippen LogP contribution in [0.3, 0.4) is 0 Å². The second kappa shape index (κ2) is 34.2. The smallest absolute Gasteiger partial charge is 0.292 e. The average Bonchev–Trinajstić information content (AvgIpc) is 3.61. The van der Waals surface area contributed by atoms with Crippen LogP contribution >= 0.6 is 0 Å². The molecule has 85 heavy (non-hydrogen) atoms. The Morgan fingerprint density at radius 2 is 0.929 bits per heavy atom. The summed E-state index contributed by atoms with van der Waals surface area (Å²) in [6, 6.07) is 34.5. The van der Waals surface area contributed by atoms with Crippen molar-refractivity contribution in [1.29, 1.82) is 10.5 Å². The number of hydrogen-bond acceptors (Lipinski definition) is 20. The highest BCUT2D eigenvalue weighted by Crippen LogP contribution is 2.49. The Morgan fingerprint density at radius 3 is 1.36 bits per heavy atom. The molecule has 0 amide bonds. The van der Waals surface area contributed by atoms with Crippen molar-refractivity contribution < 1.29 is 47.8 Å². The van der Waals surface area contributed by atoms with Crippen molar-refractivity contribution in [2.45, 2.75) is 131 Å². The molecular weight excluding hydrogens is 1080 g/mol. The van der Waals surface area contributed by atoms with E-state index >= 15 is 0 Å². The predicted octanol–water partition coefficient (Wildman–Crippen LogP) is 13.1. The Kier molecular flexibility index (Phi) is 28.5. The van der Waals surface area contributed by atoms with Gasteiger partial charge in [-0.1, -0.05) is 99.6 Å². The molecule has 0 radical (unpaired) electrons. The lowest BCUT2D eigenvalue weighted by Crippen LogP contribution is -2.38. The van der Waals surface area contributed by atoms with Crippen molar-refractivity contribution >= 4 is 60.0 Å². The molecule has 20 heteroatoms. The van der Waals surface area contributed by atoms with E-state index in [9.17, 15) is 38.4 Å². The van der Waals surface area contributed by atoms with Gasteiger partial charge in [0, 0.05) is 6.07 Å². The van der Waals surface area contributed by atoms with E-state index in [0.29, 0.717) is 41.9 Å². The van der Waals surface area contributed by atoms with Crippen LogP contribution in [-0.4, -0.2) is 61.7 Å². The fraction of sp³-hybridized carbons (Fsp3) is 0.385. The predicted molar refractivity (Wildman–Crippen MR) is 318 cm³/mol. The first kappa shape index (κ1) is 70.8. The van der Waals surface area contributed by atoms with Gasteiger partial charge in [-0.05, 0) is 174 Å². The second-order valence-electron chi connectivity index (χ2n) is 22.7. The van der Waals surface area contributed by atoms with Gasteiger partial charge in [0.2, 0.25) is 48.6 Å². The van der Waals surface area contributed by atoms with Crippen molar-refractivity contribution in [3.63, 3.8) is 0 Å². The van der Waals surface area contributed by atoms with Crippen LogP contribution in [0, 0.1) is 46.7 Å². The molecule has 0 N–H and O–H groups in total. The Balaban J connectivity index is 0.000000364. The minimum atomic E-state index is -0.640. The Bertz CT molecular complexity index is 3440. The number of rotatable bonds is 18. The molecule has 0 aromatic heterocycles. The van der Waals surface area contributed by atoms with Gasteiger partial charge < -0.3 is 9.47 Å². The van der Waals surface area contributed by atoms with E-state index in [0.717, 1.165) is 64.6 Å². The SMILES string of the molecule is CC(C)(N=C=O)c1ccc(C(C)(C)N=C=O)cc1.CC(C)(N=C=O)c1cccc(C(C)(C)N=C=O)c1.CC1(C)CC(CN=C=O)CC(C)(CN=C=O)C1.Cc1ccc(OC#N)cc1N=C=O.N#COc1ccc(Cc2ccc(N=C=O)cc2)cc1. The topological polar surface area (TPSA) is 301 Å². The molecule has 2 atom stereocenters. The fourth-order valence-corrected chi connectivity index (χ4v) is 9.35. The zero-order chi connectivity index (χ0) is 63.7. The van der Waals surface area contributed by atoms with Crippen LogP contribution in [0.25, 0.3) is 0 Å². The first-order valence-corrected chi connectivity index (χ1v) is 26.4. The van der Waals surface area contributed by atoms with E-state index in [2.05, 4.69) is 65.4 Å². The standard InChI is InChI=1S/C15H10N2O2.2C14H16N2O2.C13H20N2O2.C9H6N2O2/c16-10-19-15-7-3-13(4-8-15)9-12-1-5-14(6-2-12)17-11-18;1-13(2,15-9-17)11-5-7-12(8-6-11)14(3,4)16-10-18;1-13(2,15-9-17)11-6-5-7-12(8-11)14(3,4)16-10-18;1-12(2)4-11(6-14-9-16)5-13(3,7-12)8-15-10-17;1-7-2-3-8(13-5-10)4-9(7)11-6-12/h1-8H,9H2;2*5-8H,1-4H3;11H,4-8H2,1-3H3;2-4H,1H3. The van der Waals surface area contributed by atoms with Gasteiger partial charge in [0.1, 0.15) is 11.5 Å². The number of nitriles is 2. The van der Waals surface area contributed by atoms with Gasteiger partial charge >= 0.3 is 0 Å². The summed E-state index contributed by atoms with van der Waals surface area (Å²) >= 11 is 0. The molecule has 0 aliphatic heterocycles. The summed E-state index contributed by atoms with van der Waals surface area (Å²) in [7, 11) is 0. The summed E-state index contributed by atoms with van der Waals surface area (Å²) in [6.07, 6.45) is 19.4. The van der Waals surface area contributed by atoms with Crippen molar-refractivity contribution in [2.24, 2.45) is 56.7 Å². The van der Waals surface area contributed by atoms with Crippen LogP contribution in [0.5, 0.6) is 11.5 Å². The number of benzene rings is 5. The van der Waals surface area contributed by atoms with Gasteiger partial charge in [-0.15, -0.1) is 10.5 Å². The highest BCUT2D eigenvalue weighted by atomic mass is 16.5. The maximum Gasteiger partial charge on any atom is 0.292 e. The molecule has 1 fully saturated rings. The second-order valence-corrected chi connectivity index (χ2v) is 22.7. The molecular formula is C65H68N10O10. The molecule has 438 valence electrons. The molecule has 0 saturated heterocycles. The number of hydrogen-bond donors (Lipinski definition) is 0. The van der Waals surface area contributed by atoms with Crippen molar-refractivity contribution in [1.82, 2.24) is 0 Å². The van der Waals surface area contributed by atoms with E-state index in [1.165, 1.54) is 24.5 Å². The molecule has 5 aromatic rings. The number of aryl methyl sites for hydroxylation is 1. The lowest BCUT2D eigenvalue weighted by Gasteiger charge is -2.45. The van der Waals surface area contributed by atoms with Crippen LogP contribution in [0.1, 0.15) is 134 Å². The summed E-state index contributed by atoms with van der Waals surface area (Å²) in [4.78, 5) is 112. The molecule has 1 saturated carbocycles. The Hall–Kier alpha value is -10.3. The quantitative estimate of drug-likeness (QED) is 0.0449. The number of nitrogens with zero attached hydrogens (tertiary/aromatic N) is 10. The van der Waals surface area contributed by atoms with E-state index in [1.807, 2.05) is 128 Å². The molecule has 1 aliphatic carbocycles. The number of ether oxygens (including phenoxy) is 2. The van der Waals surface area contributed by atoms with Crippen LogP contribution in [0.15, 0.2) is 155 Å². The Morgan fingerprint density at radius 1 is 0.494 bits per heavy atom. The van der Waals surface area contributed by atoms with Crippen LogP contribution in [0.4, 0.5) is 11.4 Å². The van der Waals surface area contributed by atoms with E-state index < -0.39 is 22.2 Å². The highest BCUT2D eigenvalue weighted by molar-refractivity contribution is 5.56. The van der Waals surface area contributed by atoms with Gasteiger partial charge in [0.25, 0.3) is 12.5 Å². The van der Waals surface area contributed by atoms with Crippen LogP contribution < -0.4 is 9.47 Å². The first-order valence-electron chi connectivity index (χ1n) is 26.4. The lowest BCUT2D eigenvalue weighted by molar-refractivity contribution is 0.0641. The van der Waals surface area contributed by atoms with E-state index in [1.54, 1.807) is 86.1 Å². The zero-order valence-corrected chi connectivity index (χ0v) is 49.8. The third kappa shape index (κ3) is 24.8. The third-order valence-corrected chi connectivity index (χ3v) is 13.5. The van der Waals surface area contributed by atoms with Crippen LogP contribution in [-0.2, 0) is 66.9 Å². The minimum absolute atomic E-state index is 0.0161. The number of isocyanates is 8. The number of carbonyl (C=O) groups excluding carboxylic acids is 8. The molecule has 0 heterocycles. The molecule has 20 nitrogen and oxygen atoms in total. The molecule has 1 aliphatic rings. The van der Waals surface area contributed by atoms with Gasteiger partial charge in [0.05, 0.1) is 46.6 Å². The Labute approximate surface area is 495 Å². The fourth-order valence-electron chi connectivity index (χ4n) is 9.35. The first-order chi connectivity index (χ1) is 40.2. The lowest BCUT2D eigenvalue weighted by atomic mass is 9.60. The minimum Gasteiger partial charge on any atom is -0.388 e. The summed E-state index contributed by atoms with van der Waals surface area (Å²) in [6.45, 7) is 24.1. The van der Waals surface area contributed by atoms with Crippen molar-refractivity contribution in [3.8, 4) is 24.0 Å². The molecule has 5 aromatic carbocycles. The third-order valence-electron chi connectivity index (χ3n) is 13.5. The van der Waals surface area contributed by atoms with Gasteiger partial charge in [-0.2, -0.15) is 30.0 Å². The van der Waals surface area contributed by atoms with Crippen molar-refractivity contribution in [3.05, 3.63) is 154 Å². The van der Waals surface area contributed by atoms with Gasteiger partial charge in [-0.25, -0.2) is 48.3 Å². The van der Waals surface area contributed by atoms with Crippen LogP contribution in [0.2, 0.25) is 0 Å². The molecule has 0 bridgehead atoms. The largest absolute Gasteiger partial charge is 0.388 e. The highest BCUT2D eigenvalue weighted by Gasteiger charge is 2.41. The number of aliphatic imine (C=N–C) groups is 8. The summed E-state index contributed by atoms with van der Waals surface area (Å²) in [5.74, 6) is 1.27. The summed E-state index contributed by atoms with van der Waals surface area (Å²) in [5.41, 5.74) is 5.39. The van der Waals surface area contributed by atoms with E-state index in [-0.39, 0.29) is 10.8 Å². The van der Waals surface area contributed by atoms with Crippen molar-refractivity contribution in [2.75, 3.05) is 13.1 Å². The van der Waals surface area contributed by atoms with E-state index in [4.69, 9.17) is 15.3 Å². The summed E-state index contributed by atoms with van der Waals surface area (Å²) < 4.78 is 9.27. The zero-order valence-electron chi connectivity index (χ0n) is 49.8. The molecule has 0 spiro atoms. The molecule has 2 unspecified atom stereocenters. The van der Waals surface area contributed by atoms with Gasteiger partial charge in [-0.3, -0.25) is 0 Å². The maximum absolute atomic E-state index is 10.4. The average molecular weight is 1150 g/mol. The molecule has 6 rings (SSSR count). The normalized spacial score (nSPS) is 14.4. The summed E-state index contributed by atoms with van der Waals surface area (Å²) in [5, 5.41) is 16.6.